The van der Waals surface area contributed by atoms with Crippen molar-refractivity contribution in [3.8, 4) is 0 Å². The number of rotatable bonds is 18. The molecular formula is C20H36N8O12. The molecule has 0 saturated heterocycles. The molecule has 0 radical (unpaired) electrons. The van der Waals surface area contributed by atoms with Gasteiger partial charge in [-0.05, 0) is 25.7 Å². The molecule has 20 nitrogen and oxygen atoms in total. The number of carbonyl (C=O) groups excluding carboxylic acids is 6. The highest BCUT2D eigenvalue weighted by Gasteiger charge is 2.24. The standard InChI is InChI=1S/2C10H18N4O6/c11-5(10(18)19)1-4-8(16)13-6(9(17)14-20)2-3-7(12)15;11-5(1-4-8(16)17)9(18)13-6(10(19)14-20)2-3-7(12)15/h5-6,20H,1-4,11H2,(H2,12,15)(H,13,16)(H,14,17)(H,18,19);5-6,20H,1-4,11H2,(H2,12,15)(H,13,18)(H,14,19)(H,16,17). The first-order chi connectivity index (χ1) is 18.5. The zero-order chi connectivity index (χ0) is 31.4. The van der Waals surface area contributed by atoms with Crippen LogP contribution in [0.15, 0.2) is 0 Å². The van der Waals surface area contributed by atoms with Crippen molar-refractivity contribution in [2.75, 3.05) is 0 Å². The average molecular weight is 581 g/mol. The predicted octanol–water partition coefficient (Wildman–Crippen LogP) is -5.13. The second kappa shape index (κ2) is 20.5. The van der Waals surface area contributed by atoms with Crippen LogP contribution in [0.25, 0.3) is 0 Å². The molecule has 0 bridgehead atoms. The van der Waals surface area contributed by atoms with Crippen LogP contribution in [-0.4, -0.2) is 92.2 Å². The van der Waals surface area contributed by atoms with E-state index in [0.29, 0.717) is 0 Å². The molecule has 228 valence electrons. The third kappa shape index (κ3) is 18.8. The van der Waals surface area contributed by atoms with Gasteiger partial charge in [-0.15, -0.1) is 0 Å². The molecule has 16 N–H and O–H groups in total. The molecule has 0 aromatic heterocycles. The Bertz CT molecular complexity index is 916. The monoisotopic (exact) mass is 580 g/mol. The lowest BCUT2D eigenvalue weighted by molar-refractivity contribution is -0.139. The Morgan fingerprint density at radius 2 is 1.00 bits per heavy atom. The van der Waals surface area contributed by atoms with E-state index in [4.69, 9.17) is 43.6 Å². The molecule has 0 aliphatic rings. The lowest BCUT2D eigenvalue weighted by atomic mass is 10.1. The summed E-state index contributed by atoms with van der Waals surface area (Å²) in [5, 5.41) is 38.5. The molecule has 6 amide bonds. The Kier molecular flexibility index (Phi) is 19.4. The van der Waals surface area contributed by atoms with Crippen LogP contribution in [0.4, 0.5) is 0 Å². The summed E-state index contributed by atoms with van der Waals surface area (Å²) in [6.45, 7) is 0. The van der Waals surface area contributed by atoms with E-state index in [0.717, 1.165) is 0 Å². The maximum absolute atomic E-state index is 11.6. The number of carbonyl (C=O) groups is 8. The normalized spacial score (nSPS) is 13.1. The van der Waals surface area contributed by atoms with Crippen molar-refractivity contribution in [2.45, 2.75) is 75.5 Å². The Morgan fingerprint density at radius 3 is 1.38 bits per heavy atom. The largest absolute Gasteiger partial charge is 0.481 e. The summed E-state index contributed by atoms with van der Waals surface area (Å²) in [7, 11) is 0. The second-order valence-electron chi connectivity index (χ2n) is 8.17. The fourth-order valence-electron chi connectivity index (χ4n) is 2.63. The molecule has 0 aliphatic heterocycles. The van der Waals surface area contributed by atoms with Gasteiger partial charge in [0.25, 0.3) is 11.8 Å². The van der Waals surface area contributed by atoms with Crippen LogP contribution in [0.2, 0.25) is 0 Å². The van der Waals surface area contributed by atoms with Crippen LogP contribution in [0, 0.1) is 0 Å². The Balaban J connectivity index is 0. The van der Waals surface area contributed by atoms with Crippen LogP contribution in [0.3, 0.4) is 0 Å². The summed E-state index contributed by atoms with van der Waals surface area (Å²) >= 11 is 0. The number of primary amides is 2. The highest BCUT2D eigenvalue weighted by atomic mass is 16.5. The number of aliphatic carboxylic acids is 2. The summed E-state index contributed by atoms with van der Waals surface area (Å²) < 4.78 is 0. The van der Waals surface area contributed by atoms with E-state index >= 15 is 0 Å². The van der Waals surface area contributed by atoms with Gasteiger partial charge in [0, 0.05) is 25.7 Å². The van der Waals surface area contributed by atoms with Crippen LogP contribution in [0.5, 0.6) is 0 Å². The van der Waals surface area contributed by atoms with Gasteiger partial charge in [-0.1, -0.05) is 0 Å². The number of amides is 6. The SMILES string of the molecule is NC(=O)CCC(NC(=O)C(N)CCC(=O)O)C(=O)NO.NC(=O)CCC(NC(=O)CCC(N)C(=O)O)C(=O)NO. The Hall–Kier alpha value is -4.40. The van der Waals surface area contributed by atoms with Crippen LogP contribution >= 0.6 is 0 Å². The summed E-state index contributed by atoms with van der Waals surface area (Å²) in [4.78, 5) is 87.7. The first-order valence-electron chi connectivity index (χ1n) is 11.6. The molecule has 0 aromatic carbocycles. The van der Waals surface area contributed by atoms with Gasteiger partial charge in [0.05, 0.1) is 6.04 Å². The van der Waals surface area contributed by atoms with Crippen LogP contribution in [0.1, 0.15) is 51.4 Å². The number of nitrogens with one attached hydrogen (secondary N) is 4. The Labute approximate surface area is 227 Å². The third-order valence-electron chi connectivity index (χ3n) is 4.87. The third-order valence-corrected chi connectivity index (χ3v) is 4.87. The quantitative estimate of drug-likeness (QED) is 0.0533. The zero-order valence-electron chi connectivity index (χ0n) is 21.3. The highest BCUT2D eigenvalue weighted by molar-refractivity contribution is 5.90. The fourth-order valence-corrected chi connectivity index (χ4v) is 2.63. The van der Waals surface area contributed by atoms with Crippen molar-refractivity contribution in [3.05, 3.63) is 0 Å². The van der Waals surface area contributed by atoms with E-state index in [1.165, 1.54) is 11.0 Å². The number of carboxylic acids is 2. The highest BCUT2D eigenvalue weighted by Crippen LogP contribution is 2.02. The minimum Gasteiger partial charge on any atom is -0.481 e. The number of carboxylic acid groups (broad SMARTS) is 2. The molecule has 0 spiro atoms. The van der Waals surface area contributed by atoms with E-state index in [9.17, 15) is 38.4 Å². The van der Waals surface area contributed by atoms with Gasteiger partial charge >= 0.3 is 11.9 Å². The maximum atomic E-state index is 11.6. The van der Waals surface area contributed by atoms with Gasteiger partial charge in [-0.2, -0.15) is 0 Å². The molecule has 0 saturated carbocycles. The number of nitrogens with two attached hydrogens (primary N) is 4. The van der Waals surface area contributed by atoms with Gasteiger partial charge < -0.3 is 43.8 Å². The van der Waals surface area contributed by atoms with Gasteiger partial charge in [-0.25, -0.2) is 11.0 Å². The van der Waals surface area contributed by atoms with Gasteiger partial charge in [0.15, 0.2) is 0 Å². The van der Waals surface area contributed by atoms with Crippen molar-refractivity contribution in [3.63, 3.8) is 0 Å². The summed E-state index contributed by atoms with van der Waals surface area (Å²) in [6, 6.07) is -4.62. The van der Waals surface area contributed by atoms with Gasteiger partial charge in [0.1, 0.15) is 18.1 Å². The topological polar surface area (TPSA) is 370 Å². The Morgan fingerprint density at radius 1 is 0.575 bits per heavy atom. The molecule has 40 heavy (non-hydrogen) atoms. The predicted molar refractivity (Wildman–Crippen MR) is 130 cm³/mol. The minimum atomic E-state index is -1.24. The van der Waals surface area contributed by atoms with Gasteiger partial charge in [-0.3, -0.25) is 48.8 Å². The molecule has 0 heterocycles. The van der Waals surface area contributed by atoms with Gasteiger partial charge in [0.2, 0.25) is 23.6 Å². The van der Waals surface area contributed by atoms with E-state index in [1.54, 1.807) is 0 Å². The maximum Gasteiger partial charge on any atom is 0.320 e. The van der Waals surface area contributed by atoms with E-state index in [-0.39, 0.29) is 51.4 Å². The van der Waals surface area contributed by atoms with E-state index in [2.05, 4.69) is 10.6 Å². The lowest BCUT2D eigenvalue weighted by Gasteiger charge is -2.18. The number of hydroxylamine groups is 2. The molecule has 0 fully saturated rings. The zero-order valence-corrected chi connectivity index (χ0v) is 21.3. The van der Waals surface area contributed by atoms with Crippen molar-refractivity contribution >= 4 is 47.4 Å². The van der Waals surface area contributed by atoms with Crippen LogP contribution in [-0.2, 0) is 38.4 Å². The van der Waals surface area contributed by atoms with Crippen molar-refractivity contribution in [1.29, 1.82) is 0 Å². The van der Waals surface area contributed by atoms with Crippen molar-refractivity contribution < 1.29 is 59.0 Å². The minimum absolute atomic E-state index is 0.0849. The van der Waals surface area contributed by atoms with Crippen molar-refractivity contribution in [2.24, 2.45) is 22.9 Å². The smallest absolute Gasteiger partial charge is 0.320 e. The first kappa shape index (κ1) is 37.8. The molecule has 4 unspecified atom stereocenters. The first-order valence-corrected chi connectivity index (χ1v) is 11.6. The van der Waals surface area contributed by atoms with E-state index < -0.39 is 71.5 Å². The average Bonchev–Trinajstić information content (AvgIpc) is 2.89. The molecule has 20 heteroatoms. The molecule has 4 atom stereocenters. The number of hydrogen-bond donors (Lipinski definition) is 12. The van der Waals surface area contributed by atoms with Crippen molar-refractivity contribution in [1.82, 2.24) is 21.6 Å². The summed E-state index contributed by atoms with van der Waals surface area (Å²) in [5.41, 5.74) is 23.2. The second-order valence-corrected chi connectivity index (χ2v) is 8.17. The van der Waals surface area contributed by atoms with E-state index in [1.807, 2.05) is 0 Å². The molecule has 0 rings (SSSR count). The number of hydrogen-bond acceptors (Lipinski definition) is 12. The summed E-state index contributed by atoms with van der Waals surface area (Å²) in [5.74, 6) is -6.90. The summed E-state index contributed by atoms with van der Waals surface area (Å²) in [6.07, 6.45) is -1.26. The molecule has 0 aromatic rings. The fraction of sp³-hybridized carbons (Fsp3) is 0.600. The van der Waals surface area contributed by atoms with Crippen LogP contribution < -0.4 is 44.5 Å². The molecule has 0 aliphatic carbocycles. The molecular weight excluding hydrogens is 544 g/mol. The lowest BCUT2D eigenvalue weighted by Crippen LogP contribution is -2.51.